The van der Waals surface area contributed by atoms with Crippen LogP contribution in [0.5, 0.6) is 0 Å². The molecule has 0 fully saturated rings. The van der Waals surface area contributed by atoms with Crippen LogP contribution in [0.3, 0.4) is 0 Å². The smallest absolute Gasteiger partial charge is 0.321 e. The molecule has 1 atom stereocenters. The lowest BCUT2D eigenvalue weighted by Crippen LogP contribution is -2.30. The molecule has 0 aliphatic rings. The Morgan fingerprint density at radius 1 is 0.692 bits per heavy atom. The molecule has 0 aliphatic carbocycles. The summed E-state index contributed by atoms with van der Waals surface area (Å²) in [5.41, 5.74) is -3.22. The van der Waals surface area contributed by atoms with Crippen molar-refractivity contribution >= 4 is 58.5 Å². The lowest BCUT2D eigenvalue weighted by atomic mass is 10.1. The molecule has 3 N–H and O–H groups in total. The summed E-state index contributed by atoms with van der Waals surface area (Å²) >= 11 is 6.80. The van der Waals surface area contributed by atoms with E-state index < -0.39 is 63.7 Å². The molecule has 0 spiro atoms. The van der Waals surface area contributed by atoms with E-state index in [1.165, 1.54) is 42.5 Å². The van der Waals surface area contributed by atoms with Crippen LogP contribution in [-0.2, 0) is 15.8 Å². The third-order valence-corrected chi connectivity index (χ3v) is 8.73. The molecule has 52 heavy (non-hydrogen) atoms. The van der Waals surface area contributed by atoms with Crippen molar-refractivity contribution in [2.24, 2.45) is 0 Å². The standard InChI is InChI=1S/C37H23ClF7N3O3S/c38-23-13-11-20(12-14-23)19-26(47-34(49)22-9-5-2-6-10-22)35(50)46-24-15-17-25(18-16-24)52-33(21-7-3-1-4-8-21)36(51)48-32-30(41)28(39)27(37(43,44)45)29(40)31(32)42/h1-19,33H,(H,46,50)(H,47,49)(H,48,51)/b26-19-. The predicted molar refractivity (Wildman–Crippen MR) is 183 cm³/mol. The summed E-state index contributed by atoms with van der Waals surface area (Å²) in [6.45, 7) is 0. The number of carbonyl (C=O) groups is 3. The van der Waals surface area contributed by atoms with Crippen molar-refractivity contribution < 1.29 is 45.1 Å². The highest BCUT2D eigenvalue weighted by molar-refractivity contribution is 8.00. The van der Waals surface area contributed by atoms with E-state index in [2.05, 4.69) is 10.6 Å². The van der Waals surface area contributed by atoms with Gasteiger partial charge in [0, 0.05) is 21.2 Å². The molecule has 0 aliphatic heterocycles. The molecule has 1 unspecified atom stereocenters. The van der Waals surface area contributed by atoms with Crippen LogP contribution in [0, 0.1) is 23.3 Å². The summed E-state index contributed by atoms with van der Waals surface area (Å²) < 4.78 is 96.9. The summed E-state index contributed by atoms with van der Waals surface area (Å²) in [5.74, 6) is -12.7. The molecule has 5 rings (SSSR count). The number of hydrogen-bond acceptors (Lipinski definition) is 4. The van der Waals surface area contributed by atoms with Gasteiger partial charge in [0.2, 0.25) is 5.91 Å². The molecular weight excluding hydrogens is 735 g/mol. The second-order valence-corrected chi connectivity index (χ2v) is 12.4. The van der Waals surface area contributed by atoms with Crippen LogP contribution in [0.2, 0.25) is 5.02 Å². The Kier molecular flexibility index (Phi) is 11.7. The van der Waals surface area contributed by atoms with Crippen molar-refractivity contribution in [2.75, 3.05) is 10.6 Å². The number of nitrogens with one attached hydrogen (secondary N) is 3. The number of thioether (sulfide) groups is 1. The van der Waals surface area contributed by atoms with Gasteiger partial charge >= 0.3 is 6.18 Å². The predicted octanol–water partition coefficient (Wildman–Crippen LogP) is 9.80. The number of amides is 3. The molecule has 5 aromatic rings. The summed E-state index contributed by atoms with van der Waals surface area (Å²) in [6.07, 6.45) is -4.31. The maximum absolute atomic E-state index is 14.6. The summed E-state index contributed by atoms with van der Waals surface area (Å²) in [7, 11) is 0. The van der Waals surface area contributed by atoms with E-state index >= 15 is 0 Å². The topological polar surface area (TPSA) is 87.3 Å². The average Bonchev–Trinajstić information content (AvgIpc) is 3.13. The Labute approximate surface area is 300 Å². The first-order chi connectivity index (χ1) is 24.7. The van der Waals surface area contributed by atoms with E-state index in [0.29, 0.717) is 21.0 Å². The Balaban J connectivity index is 1.37. The molecule has 0 heterocycles. The van der Waals surface area contributed by atoms with E-state index in [0.717, 1.165) is 11.8 Å². The zero-order valence-electron chi connectivity index (χ0n) is 26.2. The van der Waals surface area contributed by atoms with Crippen molar-refractivity contribution in [1.82, 2.24) is 5.32 Å². The summed E-state index contributed by atoms with van der Waals surface area (Å²) in [4.78, 5) is 40.0. The van der Waals surface area contributed by atoms with E-state index in [-0.39, 0.29) is 16.9 Å². The second kappa shape index (κ2) is 16.2. The minimum Gasteiger partial charge on any atom is -0.321 e. The maximum Gasteiger partial charge on any atom is 0.422 e. The van der Waals surface area contributed by atoms with E-state index in [4.69, 9.17) is 11.6 Å². The van der Waals surface area contributed by atoms with Crippen molar-refractivity contribution in [1.29, 1.82) is 0 Å². The van der Waals surface area contributed by atoms with Gasteiger partial charge in [0.1, 0.15) is 22.2 Å². The minimum atomic E-state index is -5.75. The highest BCUT2D eigenvalue weighted by atomic mass is 35.5. The third kappa shape index (κ3) is 9.00. The highest BCUT2D eigenvalue weighted by Gasteiger charge is 2.43. The lowest BCUT2D eigenvalue weighted by molar-refractivity contribution is -0.143. The van der Waals surface area contributed by atoms with Crippen molar-refractivity contribution in [3.05, 3.63) is 165 Å². The first kappa shape index (κ1) is 37.7. The van der Waals surface area contributed by atoms with Gasteiger partial charge in [-0.1, -0.05) is 72.3 Å². The first-order valence-electron chi connectivity index (χ1n) is 14.9. The largest absolute Gasteiger partial charge is 0.422 e. The van der Waals surface area contributed by atoms with Crippen LogP contribution in [0.25, 0.3) is 6.08 Å². The van der Waals surface area contributed by atoms with Gasteiger partial charge in [-0.05, 0) is 65.7 Å². The molecule has 3 amide bonds. The zero-order valence-corrected chi connectivity index (χ0v) is 27.8. The quantitative estimate of drug-likeness (QED) is 0.0573. The maximum atomic E-state index is 14.6. The number of rotatable bonds is 10. The minimum absolute atomic E-state index is 0.106. The van der Waals surface area contributed by atoms with Crippen molar-refractivity contribution in [3.8, 4) is 0 Å². The number of hydrogen-bond donors (Lipinski definition) is 3. The van der Waals surface area contributed by atoms with Gasteiger partial charge in [0.25, 0.3) is 11.8 Å². The van der Waals surface area contributed by atoms with Crippen molar-refractivity contribution in [2.45, 2.75) is 16.3 Å². The number of carbonyl (C=O) groups excluding carboxylic acids is 3. The van der Waals surface area contributed by atoms with Gasteiger partial charge in [-0.3, -0.25) is 14.4 Å². The van der Waals surface area contributed by atoms with Gasteiger partial charge in [-0.15, -0.1) is 11.8 Å². The van der Waals surface area contributed by atoms with Crippen LogP contribution in [-0.4, -0.2) is 17.7 Å². The van der Waals surface area contributed by atoms with Crippen LogP contribution in [0.4, 0.5) is 42.1 Å². The molecule has 15 heteroatoms. The number of alkyl halides is 3. The summed E-state index contributed by atoms with van der Waals surface area (Å²) in [6, 6.07) is 28.2. The molecule has 0 radical (unpaired) electrons. The molecule has 0 saturated carbocycles. The zero-order chi connectivity index (χ0) is 37.6. The summed E-state index contributed by atoms with van der Waals surface area (Å²) in [5, 5.41) is 6.09. The lowest BCUT2D eigenvalue weighted by Gasteiger charge is -2.19. The fraction of sp³-hybridized carbons (Fsp3) is 0.0541. The molecule has 0 saturated heterocycles. The Morgan fingerprint density at radius 2 is 1.25 bits per heavy atom. The Morgan fingerprint density at radius 3 is 1.81 bits per heavy atom. The van der Waals surface area contributed by atoms with Gasteiger partial charge < -0.3 is 16.0 Å². The Bertz CT molecular complexity index is 2100. The molecule has 0 aromatic heterocycles. The third-order valence-electron chi connectivity index (χ3n) is 7.21. The van der Waals surface area contributed by atoms with E-state index in [9.17, 15) is 45.1 Å². The fourth-order valence-corrected chi connectivity index (χ4v) is 5.85. The number of anilines is 2. The Hall–Kier alpha value is -5.60. The van der Waals surface area contributed by atoms with Crippen LogP contribution in [0.15, 0.2) is 120 Å². The fourth-order valence-electron chi connectivity index (χ4n) is 4.70. The van der Waals surface area contributed by atoms with Crippen LogP contribution in [0.1, 0.15) is 32.3 Å². The van der Waals surface area contributed by atoms with Gasteiger partial charge in [0.05, 0.1) is 0 Å². The van der Waals surface area contributed by atoms with Crippen LogP contribution < -0.4 is 16.0 Å². The number of benzene rings is 5. The van der Waals surface area contributed by atoms with E-state index in [1.807, 2.05) is 0 Å². The van der Waals surface area contributed by atoms with E-state index in [1.54, 1.807) is 78.1 Å². The van der Waals surface area contributed by atoms with Gasteiger partial charge in [-0.25, -0.2) is 17.6 Å². The molecule has 6 nitrogen and oxygen atoms in total. The van der Waals surface area contributed by atoms with Crippen molar-refractivity contribution in [3.63, 3.8) is 0 Å². The molecule has 266 valence electrons. The van der Waals surface area contributed by atoms with Gasteiger partial charge in [-0.2, -0.15) is 13.2 Å². The first-order valence-corrected chi connectivity index (χ1v) is 16.2. The molecule has 5 aromatic carbocycles. The molecule has 0 bridgehead atoms. The number of halogens is 8. The van der Waals surface area contributed by atoms with Crippen LogP contribution >= 0.6 is 23.4 Å². The van der Waals surface area contributed by atoms with Gasteiger partial charge in [0.15, 0.2) is 23.3 Å². The normalized spacial score (nSPS) is 12.2. The molecular formula is C37H23ClF7N3O3S. The average molecular weight is 758 g/mol. The monoisotopic (exact) mass is 757 g/mol. The highest BCUT2D eigenvalue weighted by Crippen LogP contribution is 2.40. The SMILES string of the molecule is O=C(Nc1ccc(SC(C(=O)Nc2c(F)c(F)c(C(F)(F)F)c(F)c2F)c2ccccc2)cc1)/C(=C/c1ccc(Cl)cc1)NC(=O)c1ccccc1. The second-order valence-electron chi connectivity index (χ2n) is 10.8.